The van der Waals surface area contributed by atoms with Crippen LogP contribution in [0.15, 0.2) is 30.9 Å². The van der Waals surface area contributed by atoms with E-state index in [2.05, 4.69) is 34.3 Å². The van der Waals surface area contributed by atoms with Crippen LogP contribution >= 0.6 is 0 Å². The monoisotopic (exact) mass is 246 g/mol. The van der Waals surface area contributed by atoms with Gasteiger partial charge in [-0.3, -0.25) is 16.3 Å². The average Bonchev–Trinajstić information content (AvgIpc) is 2.85. The van der Waals surface area contributed by atoms with Gasteiger partial charge >= 0.3 is 0 Å². The molecular formula is C12H18N6. The van der Waals surface area contributed by atoms with E-state index in [1.54, 1.807) is 18.7 Å². The molecule has 6 nitrogen and oxygen atoms in total. The quantitative estimate of drug-likeness (QED) is 0.607. The van der Waals surface area contributed by atoms with E-state index < -0.39 is 0 Å². The van der Waals surface area contributed by atoms with E-state index >= 15 is 0 Å². The summed E-state index contributed by atoms with van der Waals surface area (Å²) >= 11 is 0. The molecule has 0 aliphatic carbocycles. The van der Waals surface area contributed by atoms with Gasteiger partial charge in [-0.05, 0) is 25.5 Å². The van der Waals surface area contributed by atoms with Crippen LogP contribution in [-0.2, 0) is 6.42 Å². The zero-order chi connectivity index (χ0) is 13.0. The van der Waals surface area contributed by atoms with E-state index in [0.717, 1.165) is 11.4 Å². The van der Waals surface area contributed by atoms with Gasteiger partial charge in [-0.1, -0.05) is 6.07 Å². The van der Waals surface area contributed by atoms with Gasteiger partial charge in [-0.15, -0.1) is 0 Å². The molecule has 0 aliphatic rings. The van der Waals surface area contributed by atoms with Crippen molar-refractivity contribution in [3.8, 4) is 0 Å². The Morgan fingerprint density at radius 3 is 2.89 bits per heavy atom. The number of hydrazine groups is 1. The van der Waals surface area contributed by atoms with Crippen LogP contribution in [0.25, 0.3) is 0 Å². The fourth-order valence-corrected chi connectivity index (χ4v) is 1.89. The summed E-state index contributed by atoms with van der Waals surface area (Å²) in [4.78, 5) is 8.39. The van der Waals surface area contributed by atoms with Crippen molar-refractivity contribution >= 4 is 0 Å². The predicted octanol–water partition coefficient (Wildman–Crippen LogP) is 1.00. The third-order valence-corrected chi connectivity index (χ3v) is 2.81. The lowest BCUT2D eigenvalue weighted by Crippen LogP contribution is -2.30. The Morgan fingerprint density at radius 1 is 1.44 bits per heavy atom. The number of nitrogens with two attached hydrogens (primary N) is 1. The molecule has 0 radical (unpaired) electrons. The molecule has 1 atom stereocenters. The summed E-state index contributed by atoms with van der Waals surface area (Å²) in [5.41, 5.74) is 3.84. The third kappa shape index (κ3) is 2.72. The minimum Gasteiger partial charge on any atom is -0.271 e. The van der Waals surface area contributed by atoms with Gasteiger partial charge in [0.1, 0.15) is 12.2 Å². The Balaban J connectivity index is 2.18. The Labute approximate surface area is 106 Å². The first-order chi connectivity index (χ1) is 8.72. The molecule has 2 aromatic rings. The molecule has 2 heterocycles. The molecule has 6 heteroatoms. The standard InChI is InChI=1S/C12H18N6/c1-9(2)18-12(15-8-16-18)6-11(17-13)10-4-3-5-14-7-10/h3-5,7-9,11,17H,6,13H2,1-2H3. The van der Waals surface area contributed by atoms with Crippen molar-refractivity contribution in [2.75, 3.05) is 0 Å². The largest absolute Gasteiger partial charge is 0.271 e. The molecule has 0 aromatic carbocycles. The smallest absolute Gasteiger partial charge is 0.138 e. The zero-order valence-corrected chi connectivity index (χ0v) is 10.6. The van der Waals surface area contributed by atoms with Crippen molar-refractivity contribution in [1.82, 2.24) is 25.2 Å². The second-order valence-corrected chi connectivity index (χ2v) is 4.42. The van der Waals surface area contributed by atoms with Gasteiger partial charge in [-0.25, -0.2) is 9.67 Å². The van der Waals surface area contributed by atoms with Crippen molar-refractivity contribution < 1.29 is 0 Å². The van der Waals surface area contributed by atoms with Crippen LogP contribution in [0, 0.1) is 0 Å². The molecule has 0 saturated heterocycles. The summed E-state index contributed by atoms with van der Waals surface area (Å²) in [6.45, 7) is 4.15. The molecule has 0 amide bonds. The molecule has 0 bridgehead atoms. The lowest BCUT2D eigenvalue weighted by molar-refractivity contribution is 0.468. The van der Waals surface area contributed by atoms with Crippen LogP contribution in [0.3, 0.4) is 0 Å². The molecule has 0 saturated carbocycles. The highest BCUT2D eigenvalue weighted by molar-refractivity contribution is 5.15. The number of nitrogens with one attached hydrogen (secondary N) is 1. The highest BCUT2D eigenvalue weighted by Gasteiger charge is 2.15. The van der Waals surface area contributed by atoms with E-state index in [1.165, 1.54) is 0 Å². The molecule has 0 spiro atoms. The Kier molecular flexibility index (Phi) is 4.01. The number of pyridine rings is 1. The fourth-order valence-electron chi connectivity index (χ4n) is 1.89. The van der Waals surface area contributed by atoms with Crippen molar-refractivity contribution in [2.24, 2.45) is 5.84 Å². The SMILES string of the molecule is CC(C)n1ncnc1CC(NN)c1cccnc1. The molecule has 2 aromatic heterocycles. The molecule has 3 N–H and O–H groups in total. The third-order valence-electron chi connectivity index (χ3n) is 2.81. The maximum absolute atomic E-state index is 5.61. The summed E-state index contributed by atoms with van der Waals surface area (Å²) in [5.74, 6) is 6.53. The number of hydrogen-bond acceptors (Lipinski definition) is 5. The number of aromatic nitrogens is 4. The predicted molar refractivity (Wildman–Crippen MR) is 68.4 cm³/mol. The van der Waals surface area contributed by atoms with Crippen LogP contribution in [0.4, 0.5) is 0 Å². The summed E-state index contributed by atoms with van der Waals surface area (Å²) in [7, 11) is 0. The van der Waals surface area contributed by atoms with E-state index in [1.807, 2.05) is 16.8 Å². The lowest BCUT2D eigenvalue weighted by Gasteiger charge is -2.17. The van der Waals surface area contributed by atoms with Gasteiger partial charge in [0.2, 0.25) is 0 Å². The molecule has 0 fully saturated rings. The molecular weight excluding hydrogens is 228 g/mol. The van der Waals surface area contributed by atoms with Crippen molar-refractivity contribution in [3.63, 3.8) is 0 Å². The first-order valence-corrected chi connectivity index (χ1v) is 5.96. The summed E-state index contributed by atoms with van der Waals surface area (Å²) in [6.07, 6.45) is 5.81. The molecule has 18 heavy (non-hydrogen) atoms. The first-order valence-electron chi connectivity index (χ1n) is 5.96. The molecule has 2 rings (SSSR count). The minimum atomic E-state index is -0.0135. The van der Waals surface area contributed by atoms with Gasteiger partial charge in [-0.2, -0.15) is 5.10 Å². The molecule has 96 valence electrons. The highest BCUT2D eigenvalue weighted by Crippen LogP contribution is 2.16. The van der Waals surface area contributed by atoms with Crippen LogP contribution in [-0.4, -0.2) is 19.7 Å². The van der Waals surface area contributed by atoms with E-state index in [-0.39, 0.29) is 12.1 Å². The first kappa shape index (κ1) is 12.7. The maximum atomic E-state index is 5.61. The van der Waals surface area contributed by atoms with Crippen molar-refractivity contribution in [1.29, 1.82) is 0 Å². The fraction of sp³-hybridized carbons (Fsp3) is 0.417. The van der Waals surface area contributed by atoms with E-state index in [4.69, 9.17) is 5.84 Å². The maximum Gasteiger partial charge on any atom is 0.138 e. The zero-order valence-electron chi connectivity index (χ0n) is 10.6. The molecule has 0 aliphatic heterocycles. The van der Waals surface area contributed by atoms with E-state index in [0.29, 0.717) is 6.42 Å². The van der Waals surface area contributed by atoms with Gasteiger partial charge < -0.3 is 0 Å². The van der Waals surface area contributed by atoms with Crippen molar-refractivity contribution in [2.45, 2.75) is 32.4 Å². The number of nitrogens with zero attached hydrogens (tertiary/aromatic N) is 4. The summed E-state index contributed by atoms with van der Waals surface area (Å²) in [6, 6.07) is 4.16. The topological polar surface area (TPSA) is 81.7 Å². The van der Waals surface area contributed by atoms with Crippen LogP contribution in [0.2, 0.25) is 0 Å². The summed E-state index contributed by atoms with van der Waals surface area (Å²) < 4.78 is 1.90. The van der Waals surface area contributed by atoms with E-state index in [9.17, 15) is 0 Å². The lowest BCUT2D eigenvalue weighted by atomic mass is 10.1. The van der Waals surface area contributed by atoms with Crippen LogP contribution in [0.5, 0.6) is 0 Å². The number of hydrogen-bond donors (Lipinski definition) is 2. The highest BCUT2D eigenvalue weighted by atomic mass is 15.3. The van der Waals surface area contributed by atoms with Gasteiger partial charge in [0.15, 0.2) is 0 Å². The van der Waals surface area contributed by atoms with Crippen LogP contribution < -0.4 is 11.3 Å². The summed E-state index contributed by atoms with van der Waals surface area (Å²) in [5, 5.41) is 4.22. The Morgan fingerprint density at radius 2 is 2.28 bits per heavy atom. The van der Waals surface area contributed by atoms with Gasteiger partial charge in [0.05, 0.1) is 6.04 Å². The average molecular weight is 246 g/mol. The molecule has 1 unspecified atom stereocenters. The second kappa shape index (κ2) is 5.70. The van der Waals surface area contributed by atoms with Crippen LogP contribution in [0.1, 0.15) is 37.3 Å². The van der Waals surface area contributed by atoms with Gasteiger partial charge in [0.25, 0.3) is 0 Å². The number of rotatable bonds is 5. The Bertz CT molecular complexity index is 478. The second-order valence-electron chi connectivity index (χ2n) is 4.42. The Hall–Kier alpha value is -1.79. The minimum absolute atomic E-state index is 0.0135. The van der Waals surface area contributed by atoms with Gasteiger partial charge in [0, 0.05) is 24.9 Å². The normalized spacial score (nSPS) is 12.9. The van der Waals surface area contributed by atoms with Crippen molar-refractivity contribution in [3.05, 3.63) is 42.2 Å².